The van der Waals surface area contributed by atoms with Gasteiger partial charge in [0.05, 0.1) is 19.3 Å². The zero-order valence-corrected chi connectivity index (χ0v) is 16.4. The highest BCUT2D eigenvalue weighted by Crippen LogP contribution is 2.27. The van der Waals surface area contributed by atoms with E-state index in [0.29, 0.717) is 29.4 Å². The number of nitrogens with zero attached hydrogens (tertiary/aromatic N) is 2. The summed E-state index contributed by atoms with van der Waals surface area (Å²) in [5.74, 6) is -0.708. The molecule has 3 rings (SSSR count). The molecule has 156 valence electrons. The Balaban J connectivity index is 1.56. The lowest BCUT2D eigenvalue weighted by atomic mass is 10.2. The Hall–Kier alpha value is -4.08. The molecule has 2 N–H and O–H groups in total. The third-order valence-electron chi connectivity index (χ3n) is 3.87. The van der Waals surface area contributed by atoms with Crippen LogP contribution in [0.15, 0.2) is 53.2 Å². The predicted molar refractivity (Wildman–Crippen MR) is 106 cm³/mol. The fourth-order valence-corrected chi connectivity index (χ4v) is 2.60. The highest BCUT2D eigenvalue weighted by molar-refractivity contribution is 5.97. The number of hydrogen-bond donors (Lipinski definition) is 2. The van der Waals surface area contributed by atoms with Gasteiger partial charge in [0.15, 0.2) is 6.61 Å². The molecular weight excluding hydrogens is 392 g/mol. The lowest BCUT2D eigenvalue weighted by Crippen LogP contribution is -2.21. The van der Waals surface area contributed by atoms with Crippen LogP contribution in [-0.2, 0) is 20.9 Å². The molecule has 0 unspecified atom stereocenters. The Bertz CT molecular complexity index is 1040. The Kier molecular flexibility index (Phi) is 6.48. The molecule has 0 spiro atoms. The Morgan fingerprint density at radius 3 is 2.70 bits per heavy atom. The van der Waals surface area contributed by atoms with Crippen LogP contribution in [-0.4, -0.2) is 41.3 Å². The standard InChI is InChI=1S/C20H20N4O6/c1-13(25)22-14-4-6-17(28-2)16(10-14)23-19(26)12-29-20(27)18-7-5-15(30-18)11-24-9-3-8-21-24/h3-10H,11-12H2,1-2H3,(H,22,25)(H,23,26). The van der Waals surface area contributed by atoms with Crippen molar-refractivity contribution in [2.24, 2.45) is 0 Å². The summed E-state index contributed by atoms with van der Waals surface area (Å²) < 4.78 is 17.3. The maximum atomic E-state index is 12.2. The highest BCUT2D eigenvalue weighted by Gasteiger charge is 2.16. The summed E-state index contributed by atoms with van der Waals surface area (Å²) in [6.07, 6.45) is 3.40. The summed E-state index contributed by atoms with van der Waals surface area (Å²) >= 11 is 0. The van der Waals surface area contributed by atoms with Crippen molar-refractivity contribution >= 4 is 29.2 Å². The Morgan fingerprint density at radius 1 is 1.17 bits per heavy atom. The van der Waals surface area contributed by atoms with Crippen LogP contribution in [0.25, 0.3) is 0 Å². The number of amides is 2. The van der Waals surface area contributed by atoms with Crippen LogP contribution < -0.4 is 15.4 Å². The van der Waals surface area contributed by atoms with E-state index in [9.17, 15) is 14.4 Å². The van der Waals surface area contributed by atoms with Crippen molar-refractivity contribution in [3.8, 4) is 5.75 Å². The van der Waals surface area contributed by atoms with E-state index in [1.54, 1.807) is 41.3 Å². The van der Waals surface area contributed by atoms with Gasteiger partial charge in [-0.25, -0.2) is 4.79 Å². The van der Waals surface area contributed by atoms with Crippen molar-refractivity contribution in [3.63, 3.8) is 0 Å². The number of anilines is 2. The molecule has 0 atom stereocenters. The quantitative estimate of drug-likeness (QED) is 0.544. The van der Waals surface area contributed by atoms with E-state index in [1.807, 2.05) is 0 Å². The number of ether oxygens (including phenoxy) is 2. The van der Waals surface area contributed by atoms with Gasteiger partial charge in [0.25, 0.3) is 5.91 Å². The fourth-order valence-electron chi connectivity index (χ4n) is 2.60. The van der Waals surface area contributed by atoms with Crippen molar-refractivity contribution in [3.05, 3.63) is 60.3 Å². The van der Waals surface area contributed by atoms with E-state index >= 15 is 0 Å². The van der Waals surface area contributed by atoms with Crippen LogP contribution in [0.2, 0.25) is 0 Å². The summed E-state index contributed by atoms with van der Waals surface area (Å²) in [5.41, 5.74) is 0.806. The first-order valence-electron chi connectivity index (χ1n) is 8.93. The Morgan fingerprint density at radius 2 is 2.00 bits per heavy atom. The van der Waals surface area contributed by atoms with Gasteiger partial charge in [-0.15, -0.1) is 0 Å². The molecule has 10 heteroatoms. The van der Waals surface area contributed by atoms with Crippen LogP contribution in [0.5, 0.6) is 5.75 Å². The molecule has 30 heavy (non-hydrogen) atoms. The third-order valence-corrected chi connectivity index (χ3v) is 3.87. The molecule has 0 aliphatic carbocycles. The Labute approximate surface area is 171 Å². The topological polar surface area (TPSA) is 125 Å². The van der Waals surface area contributed by atoms with Crippen molar-refractivity contribution in [1.82, 2.24) is 9.78 Å². The number of esters is 1. The van der Waals surface area contributed by atoms with E-state index < -0.39 is 18.5 Å². The van der Waals surface area contributed by atoms with Gasteiger partial charge in [0.2, 0.25) is 11.7 Å². The number of aromatic nitrogens is 2. The van der Waals surface area contributed by atoms with Crippen molar-refractivity contribution in [2.75, 3.05) is 24.4 Å². The van der Waals surface area contributed by atoms with E-state index in [4.69, 9.17) is 13.9 Å². The number of rotatable bonds is 8. The number of furan rings is 1. The first-order chi connectivity index (χ1) is 14.4. The van der Waals surface area contributed by atoms with Gasteiger partial charge in [0, 0.05) is 25.0 Å². The van der Waals surface area contributed by atoms with Crippen molar-refractivity contribution in [1.29, 1.82) is 0 Å². The average Bonchev–Trinajstić information content (AvgIpc) is 3.38. The minimum atomic E-state index is -0.768. The summed E-state index contributed by atoms with van der Waals surface area (Å²) in [6.45, 7) is 1.21. The van der Waals surface area contributed by atoms with Gasteiger partial charge in [0.1, 0.15) is 11.5 Å². The first-order valence-corrected chi connectivity index (χ1v) is 8.93. The second-order valence-electron chi connectivity index (χ2n) is 6.19. The van der Waals surface area contributed by atoms with Crippen LogP contribution in [0, 0.1) is 0 Å². The molecule has 0 saturated carbocycles. The monoisotopic (exact) mass is 412 g/mol. The third kappa shape index (κ3) is 5.47. The fraction of sp³-hybridized carbons (Fsp3) is 0.200. The number of benzene rings is 1. The zero-order chi connectivity index (χ0) is 21.5. The molecule has 1 aromatic carbocycles. The normalized spacial score (nSPS) is 10.3. The molecule has 0 bridgehead atoms. The number of nitrogens with one attached hydrogen (secondary N) is 2. The van der Waals surface area contributed by atoms with Gasteiger partial charge in [-0.05, 0) is 36.4 Å². The minimum Gasteiger partial charge on any atom is -0.495 e. The summed E-state index contributed by atoms with van der Waals surface area (Å²) in [5, 5.41) is 9.25. The predicted octanol–water partition coefficient (Wildman–Crippen LogP) is 2.29. The van der Waals surface area contributed by atoms with Gasteiger partial charge in [-0.3, -0.25) is 14.3 Å². The highest BCUT2D eigenvalue weighted by atomic mass is 16.5. The number of carbonyl (C=O) groups excluding carboxylic acids is 3. The van der Waals surface area contributed by atoms with E-state index in [1.165, 1.54) is 26.2 Å². The van der Waals surface area contributed by atoms with Gasteiger partial charge < -0.3 is 24.5 Å². The van der Waals surface area contributed by atoms with Crippen molar-refractivity contribution in [2.45, 2.75) is 13.5 Å². The number of hydrogen-bond acceptors (Lipinski definition) is 7. The minimum absolute atomic E-state index is 0.0183. The molecule has 0 radical (unpaired) electrons. The molecule has 2 aromatic heterocycles. The molecule has 2 heterocycles. The van der Waals surface area contributed by atoms with E-state index in [0.717, 1.165) is 0 Å². The second kappa shape index (κ2) is 9.41. The van der Waals surface area contributed by atoms with Crippen LogP contribution in [0.3, 0.4) is 0 Å². The second-order valence-corrected chi connectivity index (χ2v) is 6.19. The molecule has 0 aliphatic heterocycles. The summed E-state index contributed by atoms with van der Waals surface area (Å²) in [4.78, 5) is 35.5. The lowest BCUT2D eigenvalue weighted by molar-refractivity contribution is -0.119. The molecule has 0 fully saturated rings. The van der Waals surface area contributed by atoms with Crippen LogP contribution in [0.1, 0.15) is 23.2 Å². The van der Waals surface area contributed by atoms with Gasteiger partial charge in [-0.2, -0.15) is 5.10 Å². The number of carbonyl (C=O) groups is 3. The molecular formula is C20H20N4O6. The van der Waals surface area contributed by atoms with Gasteiger partial charge >= 0.3 is 5.97 Å². The smallest absolute Gasteiger partial charge is 0.374 e. The molecule has 3 aromatic rings. The average molecular weight is 412 g/mol. The number of methoxy groups -OCH3 is 1. The first kappa shape index (κ1) is 20.6. The maximum Gasteiger partial charge on any atom is 0.374 e. The molecule has 2 amide bonds. The summed E-state index contributed by atoms with van der Waals surface area (Å²) in [7, 11) is 1.45. The lowest BCUT2D eigenvalue weighted by Gasteiger charge is -2.12. The molecule has 0 aliphatic rings. The van der Waals surface area contributed by atoms with E-state index in [2.05, 4.69) is 15.7 Å². The molecule has 10 nitrogen and oxygen atoms in total. The maximum absolute atomic E-state index is 12.2. The zero-order valence-electron chi connectivity index (χ0n) is 16.4. The van der Waals surface area contributed by atoms with Gasteiger partial charge in [-0.1, -0.05) is 0 Å². The SMILES string of the molecule is COc1ccc(NC(C)=O)cc1NC(=O)COC(=O)c1ccc(Cn2cccn2)o1. The largest absolute Gasteiger partial charge is 0.495 e. The van der Waals surface area contributed by atoms with E-state index in [-0.39, 0.29) is 11.7 Å². The van der Waals surface area contributed by atoms with Crippen molar-refractivity contribution < 1.29 is 28.3 Å². The van der Waals surface area contributed by atoms with Crippen LogP contribution in [0.4, 0.5) is 11.4 Å². The van der Waals surface area contributed by atoms with Crippen LogP contribution >= 0.6 is 0 Å². The molecule has 0 saturated heterocycles. The summed E-state index contributed by atoms with van der Waals surface area (Å²) in [6, 6.07) is 9.64.